The van der Waals surface area contributed by atoms with Crippen LogP contribution in [0.25, 0.3) is 0 Å². The van der Waals surface area contributed by atoms with Gasteiger partial charge in [0.25, 0.3) is 5.69 Å². The van der Waals surface area contributed by atoms with Gasteiger partial charge in [-0.25, -0.2) is 0 Å². The fourth-order valence-corrected chi connectivity index (χ4v) is 3.49. The van der Waals surface area contributed by atoms with Gasteiger partial charge in [-0.3, -0.25) is 19.7 Å². The lowest BCUT2D eigenvalue weighted by atomic mass is 10.0. The fourth-order valence-electron chi connectivity index (χ4n) is 3.49. The largest absolute Gasteiger partial charge is 0.339 e. The van der Waals surface area contributed by atoms with Gasteiger partial charge in [0.15, 0.2) is 0 Å². The first-order valence-electron chi connectivity index (χ1n) is 9.19. The molecule has 2 aromatic carbocycles. The molecule has 1 aliphatic rings. The maximum absolute atomic E-state index is 12.9. The number of benzene rings is 2. The smallest absolute Gasteiger partial charge is 0.269 e. The Bertz CT molecular complexity index is 884. The molecule has 7 heteroatoms. The number of rotatable bonds is 6. The summed E-state index contributed by atoms with van der Waals surface area (Å²) in [5.74, 6) is -0.552. The van der Waals surface area contributed by atoms with Crippen LogP contribution in [0.3, 0.4) is 0 Å². The van der Waals surface area contributed by atoms with E-state index >= 15 is 0 Å². The minimum Gasteiger partial charge on any atom is -0.339 e. The average molecular weight is 381 g/mol. The van der Waals surface area contributed by atoms with Crippen LogP contribution in [-0.2, 0) is 16.1 Å². The molecule has 0 bridgehead atoms. The van der Waals surface area contributed by atoms with Gasteiger partial charge in [-0.2, -0.15) is 0 Å². The molecule has 0 aromatic heterocycles. The minimum absolute atomic E-state index is 0.00437. The second-order valence-corrected chi connectivity index (χ2v) is 7.14. The van der Waals surface area contributed by atoms with Gasteiger partial charge in [-0.05, 0) is 18.1 Å². The molecule has 0 saturated carbocycles. The van der Waals surface area contributed by atoms with Gasteiger partial charge in [-0.1, -0.05) is 42.5 Å². The van der Waals surface area contributed by atoms with Crippen LogP contribution in [0.5, 0.6) is 0 Å². The van der Waals surface area contributed by atoms with Gasteiger partial charge in [0.1, 0.15) is 0 Å². The normalized spacial score (nSPS) is 17.4. The molecule has 2 atom stereocenters. The molecule has 0 radical (unpaired) electrons. The van der Waals surface area contributed by atoms with Crippen molar-refractivity contribution in [3.05, 3.63) is 75.8 Å². The molecular formula is C21H23N3O4. The molecule has 3 rings (SSSR count). The first kappa shape index (κ1) is 19.5. The number of nitro benzene ring substituents is 1. The molecule has 28 heavy (non-hydrogen) atoms. The van der Waals surface area contributed by atoms with E-state index in [9.17, 15) is 19.7 Å². The van der Waals surface area contributed by atoms with E-state index in [0.717, 1.165) is 5.56 Å². The Balaban J connectivity index is 1.67. The summed E-state index contributed by atoms with van der Waals surface area (Å²) in [5, 5.41) is 11.0. The number of carbonyl (C=O) groups is 2. The fraction of sp³-hybridized carbons (Fsp3) is 0.333. The van der Waals surface area contributed by atoms with E-state index in [1.165, 1.54) is 12.1 Å². The molecule has 1 fully saturated rings. The minimum atomic E-state index is -0.449. The van der Waals surface area contributed by atoms with E-state index in [0.29, 0.717) is 18.7 Å². The van der Waals surface area contributed by atoms with Crippen molar-refractivity contribution in [2.75, 3.05) is 13.6 Å². The molecule has 1 heterocycles. The van der Waals surface area contributed by atoms with Gasteiger partial charge in [0.05, 0.1) is 16.9 Å². The standard InChI is InChI=1S/C21H23N3O4/c1-15(17-9-6-10-19(11-17)24(27)28)22(2)21(26)18-12-20(25)23(14-18)13-16-7-4-3-5-8-16/h3-11,15,18H,12-14H2,1-2H3. The number of carbonyl (C=O) groups excluding carboxylic acids is 2. The SMILES string of the molecule is CC(c1cccc([N+](=O)[O-])c1)N(C)C(=O)C1CC(=O)N(Cc2ccccc2)C1. The Morgan fingerprint density at radius 1 is 1.25 bits per heavy atom. The van der Waals surface area contributed by atoms with Crippen molar-refractivity contribution in [2.45, 2.75) is 25.9 Å². The summed E-state index contributed by atoms with van der Waals surface area (Å²) in [4.78, 5) is 39.1. The number of non-ortho nitro benzene ring substituents is 1. The number of hydrogen-bond donors (Lipinski definition) is 0. The summed E-state index contributed by atoms with van der Waals surface area (Å²) in [6, 6.07) is 15.6. The van der Waals surface area contributed by atoms with Gasteiger partial charge in [0.2, 0.25) is 11.8 Å². The molecule has 1 saturated heterocycles. The van der Waals surface area contributed by atoms with Crippen LogP contribution >= 0.6 is 0 Å². The predicted octanol–water partition coefficient (Wildman–Crippen LogP) is 3.16. The lowest BCUT2D eigenvalue weighted by Crippen LogP contribution is -2.36. The molecule has 0 aliphatic carbocycles. The Morgan fingerprint density at radius 2 is 1.96 bits per heavy atom. The second-order valence-electron chi connectivity index (χ2n) is 7.14. The first-order valence-corrected chi connectivity index (χ1v) is 9.19. The van der Waals surface area contributed by atoms with E-state index in [-0.39, 0.29) is 30.0 Å². The molecule has 146 valence electrons. The quantitative estimate of drug-likeness (QED) is 0.568. The molecule has 7 nitrogen and oxygen atoms in total. The molecule has 2 amide bonds. The summed E-state index contributed by atoms with van der Waals surface area (Å²) in [6.07, 6.45) is 0.192. The lowest BCUT2D eigenvalue weighted by Gasteiger charge is -2.27. The van der Waals surface area contributed by atoms with E-state index < -0.39 is 10.8 Å². The maximum Gasteiger partial charge on any atom is 0.269 e. The number of likely N-dealkylation sites (tertiary alicyclic amines) is 1. The van der Waals surface area contributed by atoms with Gasteiger partial charge in [-0.15, -0.1) is 0 Å². The third kappa shape index (κ3) is 4.19. The first-order chi connectivity index (χ1) is 13.4. The third-order valence-corrected chi connectivity index (χ3v) is 5.27. The molecule has 2 unspecified atom stereocenters. The summed E-state index contributed by atoms with van der Waals surface area (Å²) in [5.41, 5.74) is 1.72. The lowest BCUT2D eigenvalue weighted by molar-refractivity contribution is -0.384. The summed E-state index contributed by atoms with van der Waals surface area (Å²) < 4.78 is 0. The molecular weight excluding hydrogens is 358 g/mol. The van der Waals surface area contributed by atoms with Gasteiger partial charge in [0, 0.05) is 38.7 Å². The number of nitro groups is 1. The molecule has 2 aromatic rings. The van der Waals surface area contributed by atoms with Crippen molar-refractivity contribution < 1.29 is 14.5 Å². The maximum atomic E-state index is 12.9. The predicted molar refractivity (Wildman–Crippen MR) is 104 cm³/mol. The van der Waals surface area contributed by atoms with Crippen LogP contribution in [-0.4, -0.2) is 40.1 Å². The van der Waals surface area contributed by atoms with E-state index in [2.05, 4.69) is 0 Å². The summed E-state index contributed by atoms with van der Waals surface area (Å²) >= 11 is 0. The molecule has 1 aliphatic heterocycles. The van der Waals surface area contributed by atoms with Crippen LogP contribution in [0.2, 0.25) is 0 Å². The Morgan fingerprint density at radius 3 is 2.64 bits per heavy atom. The van der Waals surface area contributed by atoms with Crippen LogP contribution in [0.15, 0.2) is 54.6 Å². The zero-order chi connectivity index (χ0) is 20.3. The van der Waals surface area contributed by atoms with Crippen LogP contribution in [0, 0.1) is 16.0 Å². The highest BCUT2D eigenvalue weighted by atomic mass is 16.6. The zero-order valence-corrected chi connectivity index (χ0v) is 15.9. The van der Waals surface area contributed by atoms with Crippen molar-refractivity contribution in [1.82, 2.24) is 9.80 Å². The molecule has 0 N–H and O–H groups in total. The van der Waals surface area contributed by atoms with Crippen molar-refractivity contribution in [2.24, 2.45) is 5.92 Å². The third-order valence-electron chi connectivity index (χ3n) is 5.27. The summed E-state index contributed by atoms with van der Waals surface area (Å²) in [7, 11) is 1.68. The van der Waals surface area contributed by atoms with Gasteiger partial charge < -0.3 is 9.80 Å². The topological polar surface area (TPSA) is 83.8 Å². The Kier molecular flexibility index (Phi) is 5.73. The van der Waals surface area contributed by atoms with Crippen molar-refractivity contribution >= 4 is 17.5 Å². The number of nitrogens with zero attached hydrogens (tertiary/aromatic N) is 3. The van der Waals surface area contributed by atoms with Crippen LogP contribution in [0.4, 0.5) is 5.69 Å². The monoisotopic (exact) mass is 381 g/mol. The van der Waals surface area contributed by atoms with Crippen molar-refractivity contribution in [3.8, 4) is 0 Å². The van der Waals surface area contributed by atoms with Crippen LogP contribution in [0.1, 0.15) is 30.5 Å². The molecule has 0 spiro atoms. The van der Waals surface area contributed by atoms with Crippen LogP contribution < -0.4 is 0 Å². The number of hydrogen-bond acceptors (Lipinski definition) is 4. The second kappa shape index (κ2) is 8.21. The van der Waals surface area contributed by atoms with Crippen molar-refractivity contribution in [3.63, 3.8) is 0 Å². The van der Waals surface area contributed by atoms with Gasteiger partial charge >= 0.3 is 0 Å². The zero-order valence-electron chi connectivity index (χ0n) is 15.9. The Hall–Kier alpha value is -3.22. The van der Waals surface area contributed by atoms with Crippen molar-refractivity contribution in [1.29, 1.82) is 0 Å². The van der Waals surface area contributed by atoms with E-state index in [1.807, 2.05) is 37.3 Å². The average Bonchev–Trinajstić information content (AvgIpc) is 3.07. The summed E-state index contributed by atoms with van der Waals surface area (Å²) in [6.45, 7) is 2.71. The Labute approximate surface area is 163 Å². The highest BCUT2D eigenvalue weighted by Crippen LogP contribution is 2.27. The number of amides is 2. The van der Waals surface area contributed by atoms with E-state index in [1.54, 1.807) is 29.0 Å². The van der Waals surface area contributed by atoms with E-state index in [4.69, 9.17) is 0 Å². The highest BCUT2D eigenvalue weighted by molar-refractivity contribution is 5.89. The highest BCUT2D eigenvalue weighted by Gasteiger charge is 2.36.